The standard InChI is InChI=1S/C60H75FN4O5/c1-4-5-6-7-8-9-10-11-12-13-14-15-16-17-18-19-20-21-28-33-55(69)64-41-38-51(39-42-64)62-54(68)45-53(67)44-52(66)40-43-65-58(46(2)3)57(60(70)63-50-31-26-23-27-32-50)56(47-29-24-22-25-30-47)59(65)48-34-36-49(61)37-35-48/h5-6,8-9,11-12,14-15,17-18,20-27,29-32,34-37,46,51-53,66-67H,4,7,10,13,16,19,28,33,38-45H2,1-3H3,(H,62,68)(H,63,70)/t52-,53-/m1/s1. The van der Waals surface area contributed by atoms with Gasteiger partial charge in [0.2, 0.25) is 11.8 Å². The van der Waals surface area contributed by atoms with Crippen molar-refractivity contribution in [2.75, 3.05) is 18.4 Å². The van der Waals surface area contributed by atoms with Gasteiger partial charge < -0.3 is 30.3 Å². The first-order chi connectivity index (χ1) is 34.0. The Balaban J connectivity index is 1.06. The fourth-order valence-corrected chi connectivity index (χ4v) is 8.78. The second-order valence-corrected chi connectivity index (χ2v) is 18.2. The fourth-order valence-electron chi connectivity index (χ4n) is 8.78. The van der Waals surface area contributed by atoms with Gasteiger partial charge in [-0.1, -0.05) is 142 Å². The molecule has 10 heteroatoms. The summed E-state index contributed by atoms with van der Waals surface area (Å²) in [6, 6.07) is 25.0. The van der Waals surface area contributed by atoms with E-state index in [1.165, 1.54) is 12.1 Å². The van der Waals surface area contributed by atoms with Gasteiger partial charge in [-0.05, 0) is 124 Å². The highest BCUT2D eigenvalue weighted by atomic mass is 19.1. The molecule has 0 unspecified atom stereocenters. The van der Waals surface area contributed by atoms with Gasteiger partial charge in [0, 0.05) is 49.0 Å². The molecule has 9 nitrogen and oxygen atoms in total. The second-order valence-electron chi connectivity index (χ2n) is 18.2. The van der Waals surface area contributed by atoms with Crippen LogP contribution in [-0.2, 0) is 16.1 Å². The first-order valence-corrected chi connectivity index (χ1v) is 25.3. The minimum atomic E-state index is -1.08. The number of hydrogen-bond acceptors (Lipinski definition) is 5. The Morgan fingerprint density at radius 2 is 1.24 bits per heavy atom. The summed E-state index contributed by atoms with van der Waals surface area (Å²) < 4.78 is 16.4. The Hall–Kier alpha value is -6.36. The number of piperidine rings is 1. The van der Waals surface area contributed by atoms with E-state index in [1.54, 1.807) is 12.1 Å². The van der Waals surface area contributed by atoms with Crippen molar-refractivity contribution in [2.45, 2.75) is 135 Å². The number of amides is 3. The number of nitrogens with zero attached hydrogens (tertiary/aromatic N) is 2. The molecule has 2 atom stereocenters. The SMILES string of the molecule is CCC=CCC=CCC=CCC=CCC=CCC=CCCC(=O)N1CCC(NC(=O)C[C@H](O)C[C@H](O)CCn2c(-c3ccc(F)cc3)c(-c3ccccc3)c(C(=O)Nc3ccccc3)c2C(C)C)CC1. The maximum atomic E-state index is 14.4. The number of carbonyl (C=O) groups is 3. The van der Waals surface area contributed by atoms with Gasteiger partial charge in [0.15, 0.2) is 0 Å². The van der Waals surface area contributed by atoms with Crippen LogP contribution in [0.5, 0.6) is 0 Å². The summed E-state index contributed by atoms with van der Waals surface area (Å²) in [5, 5.41) is 28.5. The molecule has 5 rings (SSSR count). The number of carbonyl (C=O) groups excluding carboxylic acids is 3. The third-order valence-corrected chi connectivity index (χ3v) is 12.3. The number of anilines is 1. The summed E-state index contributed by atoms with van der Waals surface area (Å²) in [6.45, 7) is 7.60. The van der Waals surface area contributed by atoms with E-state index in [2.05, 4.69) is 90.5 Å². The Bertz CT molecular complexity index is 2390. The van der Waals surface area contributed by atoms with Crippen molar-refractivity contribution >= 4 is 23.4 Å². The van der Waals surface area contributed by atoms with Gasteiger partial charge in [-0.25, -0.2) is 4.39 Å². The lowest BCUT2D eigenvalue weighted by atomic mass is 9.94. The molecule has 3 amide bonds. The zero-order valence-electron chi connectivity index (χ0n) is 41.5. The van der Waals surface area contributed by atoms with Crippen LogP contribution in [0, 0.1) is 5.82 Å². The number of halogens is 1. The number of hydrogen-bond donors (Lipinski definition) is 4. The number of aromatic nitrogens is 1. The minimum Gasteiger partial charge on any atom is -0.393 e. The lowest BCUT2D eigenvalue weighted by Crippen LogP contribution is -2.47. The lowest BCUT2D eigenvalue weighted by Gasteiger charge is -2.32. The van der Waals surface area contributed by atoms with Crippen LogP contribution in [0.1, 0.15) is 126 Å². The van der Waals surface area contributed by atoms with Gasteiger partial charge in [0.1, 0.15) is 5.82 Å². The van der Waals surface area contributed by atoms with Crippen molar-refractivity contribution in [3.8, 4) is 22.4 Å². The first kappa shape index (κ1) is 54.6. The second kappa shape index (κ2) is 30.3. The van der Waals surface area contributed by atoms with E-state index >= 15 is 0 Å². The normalized spacial score (nSPS) is 14.6. The number of para-hydroxylation sites is 1. The third kappa shape index (κ3) is 18.2. The number of likely N-dealkylation sites (tertiary alicyclic amines) is 1. The van der Waals surface area contributed by atoms with Crippen molar-refractivity contribution in [3.05, 3.63) is 175 Å². The molecule has 1 aromatic heterocycles. The van der Waals surface area contributed by atoms with Crippen LogP contribution in [0.4, 0.5) is 10.1 Å². The van der Waals surface area contributed by atoms with Crippen LogP contribution in [-0.4, -0.2) is 68.7 Å². The predicted molar refractivity (Wildman–Crippen MR) is 285 cm³/mol. The van der Waals surface area contributed by atoms with E-state index in [1.807, 2.05) is 84.0 Å². The molecule has 0 saturated carbocycles. The van der Waals surface area contributed by atoms with Gasteiger partial charge in [-0.2, -0.15) is 0 Å². The molecule has 4 N–H and O–H groups in total. The van der Waals surface area contributed by atoms with Gasteiger partial charge in [-0.3, -0.25) is 14.4 Å². The largest absolute Gasteiger partial charge is 0.393 e. The van der Waals surface area contributed by atoms with E-state index in [-0.39, 0.29) is 61.3 Å². The molecular weight excluding hydrogens is 876 g/mol. The van der Waals surface area contributed by atoms with E-state index in [4.69, 9.17) is 0 Å². The molecule has 0 radical (unpaired) electrons. The van der Waals surface area contributed by atoms with Crippen LogP contribution >= 0.6 is 0 Å². The van der Waals surface area contributed by atoms with Crippen LogP contribution in [0.2, 0.25) is 0 Å². The van der Waals surface area contributed by atoms with Gasteiger partial charge in [0.05, 0.1) is 29.9 Å². The molecule has 1 aliphatic rings. The Morgan fingerprint density at radius 1 is 0.700 bits per heavy atom. The number of allylic oxidation sites excluding steroid dienone is 12. The Kier molecular flexibility index (Phi) is 23.6. The molecule has 1 aliphatic heterocycles. The molecule has 70 heavy (non-hydrogen) atoms. The van der Waals surface area contributed by atoms with Crippen molar-refractivity contribution < 1.29 is 29.0 Å². The molecule has 0 bridgehead atoms. The minimum absolute atomic E-state index is 0.0197. The monoisotopic (exact) mass is 951 g/mol. The van der Waals surface area contributed by atoms with E-state index in [0.717, 1.165) is 55.5 Å². The summed E-state index contributed by atoms with van der Waals surface area (Å²) in [6.07, 6.45) is 32.1. The summed E-state index contributed by atoms with van der Waals surface area (Å²) in [5.41, 5.74) is 4.85. The number of benzene rings is 3. The quantitative estimate of drug-likeness (QED) is 0.0443. The van der Waals surface area contributed by atoms with Gasteiger partial charge in [0.25, 0.3) is 5.91 Å². The molecule has 4 aromatic rings. The maximum Gasteiger partial charge on any atom is 0.258 e. The summed E-state index contributed by atoms with van der Waals surface area (Å²) >= 11 is 0. The number of aliphatic hydroxyl groups excluding tert-OH is 2. The maximum absolute atomic E-state index is 14.4. The highest BCUT2D eigenvalue weighted by Gasteiger charge is 2.31. The third-order valence-electron chi connectivity index (χ3n) is 12.3. The first-order valence-electron chi connectivity index (χ1n) is 25.3. The molecule has 1 saturated heterocycles. The van der Waals surface area contributed by atoms with Crippen molar-refractivity contribution in [2.24, 2.45) is 0 Å². The molecule has 372 valence electrons. The zero-order valence-corrected chi connectivity index (χ0v) is 41.5. The lowest BCUT2D eigenvalue weighted by molar-refractivity contribution is -0.132. The zero-order chi connectivity index (χ0) is 49.9. The molecule has 1 fully saturated rings. The molecule has 2 heterocycles. The topological polar surface area (TPSA) is 124 Å². The van der Waals surface area contributed by atoms with Crippen LogP contribution in [0.15, 0.2) is 158 Å². The number of rotatable bonds is 27. The van der Waals surface area contributed by atoms with Gasteiger partial charge >= 0.3 is 0 Å². The van der Waals surface area contributed by atoms with Crippen molar-refractivity contribution in [1.29, 1.82) is 0 Å². The van der Waals surface area contributed by atoms with E-state index in [0.29, 0.717) is 61.2 Å². The summed E-state index contributed by atoms with van der Waals surface area (Å²) in [5.74, 6) is -0.978. The Labute approximate surface area is 416 Å². The average molecular weight is 951 g/mol. The van der Waals surface area contributed by atoms with Gasteiger partial charge in [-0.15, -0.1) is 0 Å². The molecular formula is C60H75FN4O5. The highest BCUT2D eigenvalue weighted by molar-refractivity contribution is 6.12. The van der Waals surface area contributed by atoms with Crippen LogP contribution in [0.25, 0.3) is 22.4 Å². The van der Waals surface area contributed by atoms with Crippen LogP contribution in [0.3, 0.4) is 0 Å². The highest BCUT2D eigenvalue weighted by Crippen LogP contribution is 2.43. The van der Waals surface area contributed by atoms with Crippen LogP contribution < -0.4 is 10.6 Å². The smallest absolute Gasteiger partial charge is 0.258 e. The summed E-state index contributed by atoms with van der Waals surface area (Å²) in [7, 11) is 0. The van der Waals surface area contributed by atoms with E-state index in [9.17, 15) is 29.0 Å². The number of aliphatic hydroxyl groups is 2. The average Bonchev–Trinajstić information content (AvgIpc) is 3.70. The molecule has 0 spiro atoms. The number of nitrogens with one attached hydrogen (secondary N) is 2. The van der Waals surface area contributed by atoms with Crippen molar-refractivity contribution in [3.63, 3.8) is 0 Å². The fraction of sp³-hybridized carbons (Fsp3) is 0.383. The predicted octanol–water partition coefficient (Wildman–Crippen LogP) is 12.8. The van der Waals surface area contributed by atoms with E-state index < -0.39 is 12.2 Å². The Morgan fingerprint density at radius 3 is 1.80 bits per heavy atom. The molecule has 0 aliphatic carbocycles. The summed E-state index contributed by atoms with van der Waals surface area (Å²) in [4.78, 5) is 42.2. The molecule has 3 aromatic carbocycles. The van der Waals surface area contributed by atoms with Crippen molar-refractivity contribution in [1.82, 2.24) is 14.8 Å².